The number of likely N-dealkylation sites (tertiary alicyclic amines) is 2. The highest BCUT2D eigenvalue weighted by Crippen LogP contribution is 2.41. The van der Waals surface area contributed by atoms with Gasteiger partial charge in [0.05, 0.1) is 17.7 Å². The molecule has 1 atom stereocenters. The van der Waals surface area contributed by atoms with Crippen LogP contribution in [-0.4, -0.2) is 74.8 Å². The first kappa shape index (κ1) is 33.0. The molecule has 0 bridgehead atoms. The second kappa shape index (κ2) is 13.4. The number of aliphatic carboxylic acids is 2. The summed E-state index contributed by atoms with van der Waals surface area (Å²) in [7, 11) is 0. The number of carbonyl (C=O) groups excluding carboxylic acids is 1. The molecule has 1 unspecified atom stereocenters. The van der Waals surface area contributed by atoms with Gasteiger partial charge in [-0.15, -0.1) is 11.3 Å². The molecule has 4 rings (SSSR count). The van der Waals surface area contributed by atoms with E-state index in [2.05, 4.69) is 28.9 Å². The summed E-state index contributed by atoms with van der Waals surface area (Å²) in [4.78, 5) is 42.9. The molecular weight excluding hydrogens is 568 g/mol. The Morgan fingerprint density at radius 1 is 0.950 bits per heavy atom. The number of carboxylic acid groups (broad SMARTS) is 2. The smallest absolute Gasteiger partial charge is 0.475 e. The van der Waals surface area contributed by atoms with Crippen LogP contribution in [0.15, 0.2) is 30.3 Å². The largest absolute Gasteiger partial charge is 0.490 e. The molecule has 2 aliphatic rings. The van der Waals surface area contributed by atoms with E-state index in [9.17, 15) is 31.1 Å². The number of piperidine rings is 1. The first-order chi connectivity index (χ1) is 18.4. The molecule has 8 nitrogen and oxygen atoms in total. The first-order valence-electron chi connectivity index (χ1n) is 12.0. The van der Waals surface area contributed by atoms with E-state index in [0.717, 1.165) is 56.8 Å². The molecule has 2 saturated heterocycles. The Bertz CT molecular complexity index is 1160. The summed E-state index contributed by atoms with van der Waals surface area (Å²) < 4.78 is 63.5. The van der Waals surface area contributed by atoms with Crippen molar-refractivity contribution in [2.24, 2.45) is 5.41 Å². The number of alkyl halides is 6. The number of hydrogen-bond acceptors (Lipinski definition) is 6. The summed E-state index contributed by atoms with van der Waals surface area (Å²) >= 11 is 1.87. The molecule has 1 amide bonds. The fraction of sp³-hybridized carbons (Fsp3) is 0.520. The van der Waals surface area contributed by atoms with Gasteiger partial charge < -0.3 is 15.1 Å². The van der Waals surface area contributed by atoms with Crippen LogP contribution in [0.3, 0.4) is 0 Å². The minimum Gasteiger partial charge on any atom is -0.475 e. The van der Waals surface area contributed by atoms with E-state index >= 15 is 0 Å². The molecule has 0 radical (unpaired) electrons. The second-order valence-corrected chi connectivity index (χ2v) is 10.8. The number of aryl methyl sites for hydroxylation is 2. The maximum Gasteiger partial charge on any atom is 0.490 e. The topological polar surface area (TPSA) is 111 Å². The maximum atomic E-state index is 13.2. The summed E-state index contributed by atoms with van der Waals surface area (Å²) in [6, 6.07) is 10.5. The van der Waals surface area contributed by atoms with Crippen molar-refractivity contribution in [3.05, 3.63) is 51.5 Å². The van der Waals surface area contributed by atoms with Gasteiger partial charge in [0.15, 0.2) is 0 Å². The second-order valence-electron chi connectivity index (χ2n) is 9.46. The summed E-state index contributed by atoms with van der Waals surface area (Å²) in [5.41, 5.74) is 1.84. The van der Waals surface area contributed by atoms with Crippen LogP contribution >= 0.6 is 11.3 Å². The van der Waals surface area contributed by atoms with Gasteiger partial charge in [0.2, 0.25) is 5.91 Å². The highest BCUT2D eigenvalue weighted by atomic mass is 32.1. The normalized spacial score (nSPS) is 19.5. The molecule has 2 aliphatic heterocycles. The molecule has 2 fully saturated rings. The van der Waals surface area contributed by atoms with Crippen molar-refractivity contribution in [2.75, 3.05) is 19.6 Å². The number of thiophene rings is 1. The minimum absolute atomic E-state index is 0.172. The molecule has 40 heavy (non-hydrogen) atoms. The summed E-state index contributed by atoms with van der Waals surface area (Å²) in [5, 5.41) is 14.2. The molecular formula is C25H29F6N3O5S. The van der Waals surface area contributed by atoms with Gasteiger partial charge in [-0.1, -0.05) is 6.07 Å². The Balaban J connectivity index is 0.000000333. The zero-order valence-corrected chi connectivity index (χ0v) is 22.5. The predicted molar refractivity (Wildman–Crippen MR) is 132 cm³/mol. The number of hydrogen-bond donors (Lipinski definition) is 2. The number of carboxylic acids is 2. The van der Waals surface area contributed by atoms with Crippen molar-refractivity contribution in [3.63, 3.8) is 0 Å². The van der Waals surface area contributed by atoms with Crippen LogP contribution < -0.4 is 0 Å². The monoisotopic (exact) mass is 597 g/mol. The van der Waals surface area contributed by atoms with Crippen LogP contribution in [0.25, 0.3) is 0 Å². The first-order valence-corrected chi connectivity index (χ1v) is 12.8. The van der Waals surface area contributed by atoms with Gasteiger partial charge in [0.1, 0.15) is 0 Å². The number of amides is 1. The van der Waals surface area contributed by atoms with E-state index in [0.29, 0.717) is 12.5 Å². The standard InChI is InChI=1S/C21H27N3OS.2C2HF3O2/c1-16-5-3-6-18(22-16)13-24-12-10-21(20(24)25)9-4-11-23(15-21)14-19-8-7-17(2)26-19;2*3-2(4,5)1(6)7/h3,5-8H,4,9-15H2,1-2H3;2*(H,6,7). The minimum atomic E-state index is -5.08. The van der Waals surface area contributed by atoms with Gasteiger partial charge >= 0.3 is 24.3 Å². The SMILES string of the molecule is Cc1cccc(CN2CCC3(CCCN(Cc4ccc(C)s4)C3)C2=O)n1.O=C(O)C(F)(F)F.O=C(O)C(F)(F)F. The van der Waals surface area contributed by atoms with Crippen molar-refractivity contribution in [1.29, 1.82) is 0 Å². The lowest BCUT2D eigenvalue weighted by Crippen LogP contribution is -2.47. The van der Waals surface area contributed by atoms with Crippen molar-refractivity contribution in [2.45, 2.75) is 58.6 Å². The average molecular weight is 598 g/mol. The van der Waals surface area contributed by atoms with E-state index in [1.807, 2.05) is 41.4 Å². The lowest BCUT2D eigenvalue weighted by molar-refractivity contribution is -0.193. The summed E-state index contributed by atoms with van der Waals surface area (Å²) in [6.45, 7) is 8.65. The van der Waals surface area contributed by atoms with Crippen LogP contribution in [0, 0.1) is 19.3 Å². The average Bonchev–Trinajstić information content (AvgIpc) is 3.37. The number of pyridine rings is 1. The third kappa shape index (κ3) is 9.77. The van der Waals surface area contributed by atoms with Crippen molar-refractivity contribution in [1.82, 2.24) is 14.8 Å². The zero-order valence-electron chi connectivity index (χ0n) is 21.7. The Morgan fingerprint density at radius 3 is 2.05 bits per heavy atom. The number of carbonyl (C=O) groups is 3. The third-order valence-corrected chi connectivity index (χ3v) is 7.20. The molecule has 2 aromatic heterocycles. The molecule has 2 N–H and O–H groups in total. The molecule has 4 heterocycles. The maximum absolute atomic E-state index is 13.2. The fourth-order valence-corrected chi connectivity index (χ4v) is 5.39. The van der Waals surface area contributed by atoms with Gasteiger partial charge in [-0.05, 0) is 63.9 Å². The number of nitrogens with zero attached hydrogens (tertiary/aromatic N) is 3. The number of halogens is 6. The Morgan fingerprint density at radius 2 is 1.55 bits per heavy atom. The van der Waals surface area contributed by atoms with Crippen LogP contribution in [0.1, 0.15) is 40.4 Å². The molecule has 222 valence electrons. The van der Waals surface area contributed by atoms with E-state index < -0.39 is 24.3 Å². The highest BCUT2D eigenvalue weighted by molar-refractivity contribution is 7.11. The molecule has 1 spiro atoms. The van der Waals surface area contributed by atoms with Crippen LogP contribution in [-0.2, 0) is 27.5 Å². The van der Waals surface area contributed by atoms with Crippen LogP contribution in [0.4, 0.5) is 26.3 Å². The highest BCUT2D eigenvalue weighted by Gasteiger charge is 2.48. The van der Waals surface area contributed by atoms with Crippen molar-refractivity contribution < 1.29 is 50.9 Å². The molecule has 0 aromatic carbocycles. The predicted octanol–water partition coefficient (Wildman–Crippen LogP) is 5.04. The lowest BCUT2D eigenvalue weighted by Gasteiger charge is -2.38. The quantitative estimate of drug-likeness (QED) is 0.475. The Hall–Kier alpha value is -3.20. The Kier molecular flexibility index (Phi) is 11.1. The van der Waals surface area contributed by atoms with Crippen LogP contribution in [0.2, 0.25) is 0 Å². The number of rotatable bonds is 4. The van der Waals surface area contributed by atoms with Gasteiger partial charge in [0, 0.05) is 35.1 Å². The fourth-order valence-electron chi connectivity index (χ4n) is 4.46. The molecule has 2 aromatic rings. The van der Waals surface area contributed by atoms with E-state index in [1.165, 1.54) is 9.75 Å². The Labute approximate surface area is 230 Å². The van der Waals surface area contributed by atoms with E-state index in [4.69, 9.17) is 19.8 Å². The van der Waals surface area contributed by atoms with Gasteiger partial charge in [-0.25, -0.2) is 9.59 Å². The van der Waals surface area contributed by atoms with Crippen molar-refractivity contribution >= 4 is 29.2 Å². The van der Waals surface area contributed by atoms with Crippen molar-refractivity contribution in [3.8, 4) is 0 Å². The van der Waals surface area contributed by atoms with Gasteiger partial charge in [-0.2, -0.15) is 26.3 Å². The number of aromatic nitrogens is 1. The zero-order chi connectivity index (χ0) is 30.3. The lowest BCUT2D eigenvalue weighted by atomic mass is 9.78. The molecule has 0 saturated carbocycles. The van der Waals surface area contributed by atoms with Gasteiger partial charge in [0.25, 0.3) is 0 Å². The van der Waals surface area contributed by atoms with Crippen LogP contribution in [0.5, 0.6) is 0 Å². The molecule has 0 aliphatic carbocycles. The summed E-state index contributed by atoms with van der Waals surface area (Å²) in [5.74, 6) is -5.17. The summed E-state index contributed by atoms with van der Waals surface area (Å²) in [6.07, 6.45) is -7.03. The third-order valence-electron chi connectivity index (χ3n) is 6.22. The molecule has 15 heteroatoms. The van der Waals surface area contributed by atoms with E-state index in [1.54, 1.807) is 0 Å². The van der Waals surface area contributed by atoms with E-state index in [-0.39, 0.29) is 5.41 Å². The van der Waals surface area contributed by atoms with Gasteiger partial charge in [-0.3, -0.25) is 14.7 Å².